The number of carbonyl (C=O) groups is 1. The van der Waals surface area contributed by atoms with E-state index in [4.69, 9.17) is 9.84 Å². The largest absolute Gasteiger partial charge is 0.479 e. The molecular weight excluding hydrogens is 168 g/mol. The second-order valence-electron chi connectivity index (χ2n) is 4.00. The van der Waals surface area contributed by atoms with E-state index in [1.165, 1.54) is 0 Å². The number of rotatable bonds is 4. The van der Waals surface area contributed by atoms with Gasteiger partial charge in [-0.05, 0) is 31.6 Å². The van der Waals surface area contributed by atoms with Crippen molar-refractivity contribution in [2.24, 2.45) is 5.92 Å². The summed E-state index contributed by atoms with van der Waals surface area (Å²) in [5.74, 6) is -0.307. The number of hydrogen-bond acceptors (Lipinski definition) is 2. The van der Waals surface area contributed by atoms with Gasteiger partial charge in [-0.1, -0.05) is 13.8 Å². The number of aliphatic carboxylic acids is 1. The first-order chi connectivity index (χ1) is 6.10. The molecule has 1 rings (SSSR count). The van der Waals surface area contributed by atoms with Gasteiger partial charge in [-0.15, -0.1) is 0 Å². The lowest BCUT2D eigenvalue weighted by atomic mass is 10.0. The molecule has 3 heteroatoms. The number of carboxylic acid groups (broad SMARTS) is 1. The van der Waals surface area contributed by atoms with Gasteiger partial charge in [-0.3, -0.25) is 0 Å². The summed E-state index contributed by atoms with van der Waals surface area (Å²) in [4.78, 5) is 11.0. The molecule has 3 nitrogen and oxygen atoms in total. The minimum atomic E-state index is -0.866. The predicted octanol–water partition coefficient (Wildman–Crippen LogP) is 2.06. The zero-order valence-electron chi connectivity index (χ0n) is 8.38. The summed E-state index contributed by atoms with van der Waals surface area (Å²) in [6, 6.07) is 0. The van der Waals surface area contributed by atoms with Crippen LogP contribution in [0.4, 0.5) is 0 Å². The maximum absolute atomic E-state index is 11.0. The van der Waals surface area contributed by atoms with E-state index in [9.17, 15) is 4.79 Å². The monoisotopic (exact) mass is 186 g/mol. The molecule has 1 saturated carbocycles. The van der Waals surface area contributed by atoms with Gasteiger partial charge in [0.15, 0.2) is 5.60 Å². The molecule has 0 aliphatic heterocycles. The van der Waals surface area contributed by atoms with Crippen molar-refractivity contribution in [3.63, 3.8) is 0 Å². The van der Waals surface area contributed by atoms with Gasteiger partial charge >= 0.3 is 5.97 Å². The highest BCUT2D eigenvalue weighted by Gasteiger charge is 2.45. The third-order valence-electron chi connectivity index (χ3n) is 2.69. The van der Waals surface area contributed by atoms with Crippen LogP contribution in [0, 0.1) is 5.92 Å². The van der Waals surface area contributed by atoms with Crippen molar-refractivity contribution in [2.75, 3.05) is 6.61 Å². The van der Waals surface area contributed by atoms with Crippen LogP contribution in [0.15, 0.2) is 0 Å². The van der Waals surface area contributed by atoms with E-state index >= 15 is 0 Å². The molecule has 0 aromatic heterocycles. The summed E-state index contributed by atoms with van der Waals surface area (Å²) in [6.07, 6.45) is 3.19. The van der Waals surface area contributed by atoms with Crippen LogP contribution in [-0.4, -0.2) is 23.3 Å². The van der Waals surface area contributed by atoms with E-state index in [0.717, 1.165) is 12.8 Å². The van der Waals surface area contributed by atoms with Crippen molar-refractivity contribution in [1.82, 2.24) is 0 Å². The molecule has 76 valence electrons. The second kappa shape index (κ2) is 4.09. The van der Waals surface area contributed by atoms with Crippen LogP contribution in [0.2, 0.25) is 0 Å². The van der Waals surface area contributed by atoms with Crippen molar-refractivity contribution >= 4 is 5.97 Å². The van der Waals surface area contributed by atoms with Crippen LogP contribution in [0.5, 0.6) is 0 Å². The van der Waals surface area contributed by atoms with Crippen molar-refractivity contribution in [3.8, 4) is 0 Å². The summed E-state index contributed by atoms with van der Waals surface area (Å²) in [5, 5.41) is 9.08. The molecule has 1 N–H and O–H groups in total. The van der Waals surface area contributed by atoms with Crippen molar-refractivity contribution in [1.29, 1.82) is 0 Å². The molecule has 0 aromatic carbocycles. The summed E-state index contributed by atoms with van der Waals surface area (Å²) >= 11 is 0. The first-order valence-electron chi connectivity index (χ1n) is 4.98. The van der Waals surface area contributed by atoms with Gasteiger partial charge in [0.05, 0.1) is 0 Å². The molecule has 1 aliphatic carbocycles. The van der Waals surface area contributed by atoms with Crippen molar-refractivity contribution in [2.45, 2.75) is 45.1 Å². The molecule has 0 saturated heterocycles. The van der Waals surface area contributed by atoms with Gasteiger partial charge in [0, 0.05) is 6.61 Å². The number of carboxylic acids is 1. The van der Waals surface area contributed by atoms with Gasteiger partial charge in [0.25, 0.3) is 0 Å². The molecule has 2 unspecified atom stereocenters. The fourth-order valence-electron chi connectivity index (χ4n) is 1.93. The van der Waals surface area contributed by atoms with Gasteiger partial charge in [-0.25, -0.2) is 4.79 Å². The molecule has 1 aliphatic rings. The van der Waals surface area contributed by atoms with E-state index in [2.05, 4.69) is 6.92 Å². The molecule has 0 heterocycles. The smallest absolute Gasteiger partial charge is 0.335 e. The summed E-state index contributed by atoms with van der Waals surface area (Å²) < 4.78 is 5.47. The standard InChI is InChI=1S/C10H18O3/c1-3-6-13-10(9(11)12)5-4-8(2)7-10/h8H,3-7H2,1-2H3,(H,11,12). The average Bonchev–Trinajstić information content (AvgIpc) is 2.45. The Hall–Kier alpha value is -0.570. The Morgan fingerprint density at radius 3 is 2.77 bits per heavy atom. The van der Waals surface area contributed by atoms with Crippen LogP contribution < -0.4 is 0 Å². The molecule has 0 aromatic rings. The van der Waals surface area contributed by atoms with Crippen molar-refractivity contribution in [3.05, 3.63) is 0 Å². The highest BCUT2D eigenvalue weighted by atomic mass is 16.5. The molecule has 0 radical (unpaired) electrons. The summed E-state index contributed by atoms with van der Waals surface area (Å²) in [6.45, 7) is 4.63. The van der Waals surface area contributed by atoms with E-state index in [0.29, 0.717) is 25.4 Å². The van der Waals surface area contributed by atoms with Gasteiger partial charge < -0.3 is 9.84 Å². The molecule has 0 bridgehead atoms. The maximum Gasteiger partial charge on any atom is 0.335 e. The second-order valence-corrected chi connectivity index (χ2v) is 4.00. The fraction of sp³-hybridized carbons (Fsp3) is 0.900. The molecule has 13 heavy (non-hydrogen) atoms. The Bertz CT molecular complexity index is 191. The van der Waals surface area contributed by atoms with Crippen molar-refractivity contribution < 1.29 is 14.6 Å². The first kappa shape index (κ1) is 10.5. The van der Waals surface area contributed by atoms with Crippen LogP contribution >= 0.6 is 0 Å². The fourth-order valence-corrected chi connectivity index (χ4v) is 1.93. The molecule has 0 spiro atoms. The summed E-state index contributed by atoms with van der Waals surface area (Å²) in [5.41, 5.74) is -0.866. The Labute approximate surface area is 79.1 Å². The Kier molecular flexibility index (Phi) is 3.31. The lowest BCUT2D eigenvalue weighted by molar-refractivity contribution is -0.165. The van der Waals surface area contributed by atoms with E-state index < -0.39 is 11.6 Å². The lowest BCUT2D eigenvalue weighted by Gasteiger charge is -2.24. The Morgan fingerprint density at radius 2 is 2.38 bits per heavy atom. The quantitative estimate of drug-likeness (QED) is 0.731. The van der Waals surface area contributed by atoms with Gasteiger partial charge in [0.1, 0.15) is 0 Å². The zero-order valence-corrected chi connectivity index (χ0v) is 8.38. The Morgan fingerprint density at radius 1 is 1.69 bits per heavy atom. The highest BCUT2D eigenvalue weighted by Crippen LogP contribution is 2.37. The molecular formula is C10H18O3. The first-order valence-corrected chi connectivity index (χ1v) is 4.98. The van der Waals surface area contributed by atoms with Gasteiger partial charge in [-0.2, -0.15) is 0 Å². The Balaban J connectivity index is 2.60. The van der Waals surface area contributed by atoms with Crippen LogP contribution in [0.25, 0.3) is 0 Å². The molecule has 1 fully saturated rings. The lowest BCUT2D eigenvalue weighted by Crippen LogP contribution is -2.39. The van der Waals surface area contributed by atoms with Crippen LogP contribution in [0.3, 0.4) is 0 Å². The third kappa shape index (κ3) is 2.21. The highest BCUT2D eigenvalue weighted by molar-refractivity contribution is 5.77. The molecule has 0 amide bonds. The predicted molar refractivity (Wildman–Crippen MR) is 49.6 cm³/mol. The van der Waals surface area contributed by atoms with Gasteiger partial charge in [0.2, 0.25) is 0 Å². The number of ether oxygens (including phenoxy) is 1. The summed E-state index contributed by atoms with van der Waals surface area (Å²) in [7, 11) is 0. The van der Waals surface area contributed by atoms with E-state index in [-0.39, 0.29) is 0 Å². The topological polar surface area (TPSA) is 46.5 Å². The normalized spacial score (nSPS) is 33.5. The molecule has 2 atom stereocenters. The van der Waals surface area contributed by atoms with E-state index in [1.54, 1.807) is 0 Å². The third-order valence-corrected chi connectivity index (χ3v) is 2.69. The minimum Gasteiger partial charge on any atom is -0.479 e. The van der Waals surface area contributed by atoms with Crippen LogP contribution in [0.1, 0.15) is 39.5 Å². The minimum absolute atomic E-state index is 0.480. The maximum atomic E-state index is 11.0. The average molecular weight is 186 g/mol. The van der Waals surface area contributed by atoms with Crippen LogP contribution in [-0.2, 0) is 9.53 Å². The number of hydrogen-bond donors (Lipinski definition) is 1. The SMILES string of the molecule is CCCOC1(C(=O)O)CCC(C)C1. The van der Waals surface area contributed by atoms with E-state index in [1.807, 2.05) is 6.92 Å². The zero-order chi connectivity index (χ0) is 9.90.